The van der Waals surface area contributed by atoms with Crippen LogP contribution >= 0.6 is 0 Å². The normalized spacial score (nSPS) is 21.6. The Morgan fingerprint density at radius 2 is 2.10 bits per heavy atom. The van der Waals surface area contributed by atoms with Crippen LogP contribution in [0.25, 0.3) is 0 Å². The minimum absolute atomic E-state index is 0.00423. The highest BCUT2D eigenvalue weighted by atomic mass is 16.2. The van der Waals surface area contributed by atoms with E-state index in [9.17, 15) is 4.79 Å². The van der Waals surface area contributed by atoms with Crippen LogP contribution in [0.4, 0.5) is 0 Å². The van der Waals surface area contributed by atoms with Crippen molar-refractivity contribution in [3.63, 3.8) is 0 Å². The van der Waals surface area contributed by atoms with Crippen molar-refractivity contribution in [2.45, 2.75) is 51.6 Å². The standard InChI is InChI=1S/C17H22N2O2/c1-13-6-5-7-14(2)19(13)17(21)16-10-9-15(12-18-16)8-3-4-11-20/h9-10,12-14,20H,4-7,11H2,1-2H3. The van der Waals surface area contributed by atoms with Crippen molar-refractivity contribution in [1.29, 1.82) is 0 Å². The van der Waals surface area contributed by atoms with Gasteiger partial charge in [-0.1, -0.05) is 11.8 Å². The van der Waals surface area contributed by atoms with E-state index in [0.717, 1.165) is 18.4 Å². The van der Waals surface area contributed by atoms with Gasteiger partial charge in [-0.3, -0.25) is 4.79 Å². The molecule has 112 valence electrons. The highest BCUT2D eigenvalue weighted by Gasteiger charge is 2.30. The first-order valence-electron chi connectivity index (χ1n) is 7.52. The Bertz CT molecular complexity index is 532. The first kappa shape index (κ1) is 15.5. The van der Waals surface area contributed by atoms with Gasteiger partial charge in [-0.05, 0) is 45.2 Å². The van der Waals surface area contributed by atoms with E-state index in [1.165, 1.54) is 6.42 Å². The largest absolute Gasteiger partial charge is 0.395 e. The number of likely N-dealkylation sites (tertiary alicyclic amines) is 1. The summed E-state index contributed by atoms with van der Waals surface area (Å²) >= 11 is 0. The smallest absolute Gasteiger partial charge is 0.272 e. The van der Waals surface area contributed by atoms with Gasteiger partial charge in [0.15, 0.2) is 0 Å². The van der Waals surface area contributed by atoms with Gasteiger partial charge in [0.1, 0.15) is 5.69 Å². The van der Waals surface area contributed by atoms with Gasteiger partial charge in [0.25, 0.3) is 5.91 Å². The summed E-state index contributed by atoms with van der Waals surface area (Å²) in [5, 5.41) is 8.69. The summed E-state index contributed by atoms with van der Waals surface area (Å²) in [4.78, 5) is 18.8. The molecular formula is C17H22N2O2. The fraction of sp³-hybridized carbons (Fsp3) is 0.529. The summed E-state index contributed by atoms with van der Waals surface area (Å²) in [6, 6.07) is 4.09. The number of amides is 1. The molecule has 1 aliphatic rings. The molecule has 0 spiro atoms. The zero-order valence-electron chi connectivity index (χ0n) is 12.7. The third kappa shape index (κ3) is 3.83. The molecule has 4 heteroatoms. The third-order valence-corrected chi connectivity index (χ3v) is 3.88. The summed E-state index contributed by atoms with van der Waals surface area (Å²) in [5.74, 6) is 5.76. The number of carbonyl (C=O) groups is 1. The zero-order valence-corrected chi connectivity index (χ0v) is 12.7. The van der Waals surface area contributed by atoms with E-state index >= 15 is 0 Å². The zero-order chi connectivity index (χ0) is 15.2. The second kappa shape index (κ2) is 7.24. The Kier molecular flexibility index (Phi) is 5.35. The molecule has 2 rings (SSSR count). The van der Waals surface area contributed by atoms with Crippen LogP contribution in [0.1, 0.15) is 55.6 Å². The topological polar surface area (TPSA) is 53.4 Å². The Hall–Kier alpha value is -1.86. The number of aliphatic hydroxyl groups is 1. The number of nitrogens with zero attached hydrogens (tertiary/aromatic N) is 2. The number of hydrogen-bond donors (Lipinski definition) is 1. The summed E-state index contributed by atoms with van der Waals surface area (Å²) < 4.78 is 0. The molecule has 0 bridgehead atoms. The second-order valence-electron chi connectivity index (χ2n) is 5.55. The maximum absolute atomic E-state index is 12.6. The van der Waals surface area contributed by atoms with Gasteiger partial charge in [-0.15, -0.1) is 0 Å². The van der Waals surface area contributed by atoms with E-state index in [1.807, 2.05) is 11.0 Å². The van der Waals surface area contributed by atoms with Crippen LogP contribution in [0.2, 0.25) is 0 Å². The molecule has 1 aromatic heterocycles. The molecule has 0 aromatic carbocycles. The van der Waals surface area contributed by atoms with E-state index < -0.39 is 0 Å². The van der Waals surface area contributed by atoms with Gasteiger partial charge < -0.3 is 10.0 Å². The van der Waals surface area contributed by atoms with Crippen LogP contribution in [0.5, 0.6) is 0 Å². The first-order chi connectivity index (χ1) is 10.1. The van der Waals surface area contributed by atoms with Crippen LogP contribution in [0, 0.1) is 11.8 Å². The minimum atomic E-state index is 0.00423. The molecule has 1 N–H and O–H groups in total. The molecule has 1 fully saturated rings. The van der Waals surface area contributed by atoms with Crippen molar-refractivity contribution in [3.8, 4) is 11.8 Å². The minimum Gasteiger partial charge on any atom is -0.395 e. The summed E-state index contributed by atoms with van der Waals surface area (Å²) in [6.45, 7) is 4.26. The van der Waals surface area contributed by atoms with Gasteiger partial charge >= 0.3 is 0 Å². The van der Waals surface area contributed by atoms with Crippen LogP contribution in [0.3, 0.4) is 0 Å². The van der Waals surface area contributed by atoms with E-state index in [4.69, 9.17) is 5.11 Å². The molecule has 2 atom stereocenters. The Balaban J connectivity index is 2.11. The highest BCUT2D eigenvalue weighted by molar-refractivity contribution is 5.92. The number of aliphatic hydroxyl groups excluding tert-OH is 1. The third-order valence-electron chi connectivity index (χ3n) is 3.88. The van der Waals surface area contributed by atoms with Crippen LogP contribution in [-0.4, -0.2) is 39.6 Å². The lowest BCUT2D eigenvalue weighted by Gasteiger charge is -2.38. The molecule has 1 amide bonds. The average molecular weight is 286 g/mol. The van der Waals surface area contributed by atoms with Crippen LogP contribution in [-0.2, 0) is 0 Å². The second-order valence-corrected chi connectivity index (χ2v) is 5.55. The predicted molar refractivity (Wildman–Crippen MR) is 81.8 cm³/mol. The fourth-order valence-electron chi connectivity index (χ4n) is 2.77. The monoisotopic (exact) mass is 286 g/mol. The predicted octanol–water partition coefficient (Wildman–Crippen LogP) is 2.22. The molecule has 21 heavy (non-hydrogen) atoms. The molecule has 1 saturated heterocycles. The quantitative estimate of drug-likeness (QED) is 0.848. The highest BCUT2D eigenvalue weighted by Crippen LogP contribution is 2.24. The number of pyridine rings is 1. The van der Waals surface area contributed by atoms with Gasteiger partial charge in [0.2, 0.25) is 0 Å². The summed E-state index contributed by atoms with van der Waals surface area (Å²) in [5.41, 5.74) is 1.24. The van der Waals surface area contributed by atoms with Crippen molar-refractivity contribution in [2.75, 3.05) is 6.61 Å². The summed E-state index contributed by atoms with van der Waals surface area (Å²) in [7, 11) is 0. The molecule has 1 aromatic rings. The van der Waals surface area contributed by atoms with Crippen LogP contribution < -0.4 is 0 Å². The molecule has 2 heterocycles. The van der Waals surface area contributed by atoms with Gasteiger partial charge in [0.05, 0.1) is 6.61 Å². The number of hydrogen-bond acceptors (Lipinski definition) is 3. The van der Waals surface area contributed by atoms with Crippen molar-refractivity contribution in [3.05, 3.63) is 29.6 Å². The summed E-state index contributed by atoms with van der Waals surface area (Å²) in [6.07, 6.45) is 5.36. The van der Waals surface area contributed by atoms with E-state index in [2.05, 4.69) is 30.7 Å². The van der Waals surface area contributed by atoms with Gasteiger partial charge in [-0.2, -0.15) is 0 Å². The maximum Gasteiger partial charge on any atom is 0.272 e. The van der Waals surface area contributed by atoms with Crippen molar-refractivity contribution in [1.82, 2.24) is 9.88 Å². The fourth-order valence-corrected chi connectivity index (χ4v) is 2.77. The van der Waals surface area contributed by atoms with Gasteiger partial charge in [0, 0.05) is 30.3 Å². The Morgan fingerprint density at radius 3 is 2.67 bits per heavy atom. The van der Waals surface area contributed by atoms with E-state index in [1.54, 1.807) is 12.3 Å². The van der Waals surface area contributed by atoms with Gasteiger partial charge in [-0.25, -0.2) is 4.98 Å². The van der Waals surface area contributed by atoms with E-state index in [-0.39, 0.29) is 24.6 Å². The van der Waals surface area contributed by atoms with Crippen molar-refractivity contribution >= 4 is 5.91 Å². The lowest BCUT2D eigenvalue weighted by atomic mass is 9.97. The number of piperidine rings is 1. The Morgan fingerprint density at radius 1 is 1.38 bits per heavy atom. The number of aromatic nitrogens is 1. The first-order valence-corrected chi connectivity index (χ1v) is 7.52. The molecule has 0 saturated carbocycles. The molecule has 4 nitrogen and oxygen atoms in total. The van der Waals surface area contributed by atoms with Crippen molar-refractivity contribution < 1.29 is 9.90 Å². The van der Waals surface area contributed by atoms with Crippen LogP contribution in [0.15, 0.2) is 18.3 Å². The molecular weight excluding hydrogens is 264 g/mol. The molecule has 0 aliphatic carbocycles. The molecule has 0 radical (unpaired) electrons. The average Bonchev–Trinajstić information content (AvgIpc) is 2.48. The number of rotatable bonds is 2. The van der Waals surface area contributed by atoms with E-state index in [0.29, 0.717) is 12.1 Å². The lowest BCUT2D eigenvalue weighted by molar-refractivity contribution is 0.0504. The van der Waals surface area contributed by atoms with Crippen molar-refractivity contribution in [2.24, 2.45) is 0 Å². The lowest BCUT2D eigenvalue weighted by Crippen LogP contribution is -2.47. The maximum atomic E-state index is 12.6. The molecule has 1 aliphatic heterocycles. The molecule has 2 unspecified atom stereocenters. The number of carbonyl (C=O) groups excluding carboxylic acids is 1. The SMILES string of the molecule is CC1CCCC(C)N1C(=O)c1ccc(C#CCCO)cn1. The Labute approximate surface area is 126 Å².